The Labute approximate surface area is 90.6 Å². The van der Waals surface area contributed by atoms with Gasteiger partial charge in [-0.2, -0.15) is 0 Å². The maximum absolute atomic E-state index is 10.4. The van der Waals surface area contributed by atoms with Gasteiger partial charge in [0, 0.05) is 24.1 Å². The van der Waals surface area contributed by atoms with Crippen LogP contribution in [0.15, 0.2) is 24.4 Å². The highest BCUT2D eigenvalue weighted by Crippen LogP contribution is 2.33. The summed E-state index contributed by atoms with van der Waals surface area (Å²) in [7, 11) is 1.89. The molecule has 2 rings (SSSR count). The van der Waals surface area contributed by atoms with Crippen LogP contribution in [-0.4, -0.2) is 15.8 Å². The van der Waals surface area contributed by atoms with Crippen LogP contribution in [0.1, 0.15) is 0 Å². The minimum Gasteiger partial charge on any atom is -0.449 e. The van der Waals surface area contributed by atoms with Crippen LogP contribution in [0.5, 0.6) is 5.75 Å². The van der Waals surface area contributed by atoms with Crippen LogP contribution in [-0.2, 0) is 7.05 Å². The Morgan fingerprint density at radius 2 is 2.20 bits per heavy atom. The third kappa shape index (κ3) is 1.64. The van der Waals surface area contributed by atoms with Crippen molar-refractivity contribution in [2.75, 3.05) is 0 Å². The Bertz CT molecular complexity index is 533. The fourth-order valence-corrected chi connectivity index (χ4v) is 1.73. The first-order valence-electron chi connectivity index (χ1n) is 4.24. The summed E-state index contributed by atoms with van der Waals surface area (Å²) in [4.78, 5) is 10.4. The zero-order chi connectivity index (χ0) is 11.0. The lowest BCUT2D eigenvalue weighted by Gasteiger charge is -2.04. The molecule has 0 spiro atoms. The number of carbonyl (C=O) groups is 1. The molecule has 0 amide bonds. The maximum atomic E-state index is 10.4. The third-order valence-corrected chi connectivity index (χ3v) is 2.55. The molecule has 0 aliphatic carbocycles. The molecule has 0 fully saturated rings. The number of benzene rings is 1. The van der Waals surface area contributed by atoms with Crippen LogP contribution >= 0.6 is 11.6 Å². The number of hydrogen-bond acceptors (Lipinski definition) is 2. The van der Waals surface area contributed by atoms with E-state index in [4.69, 9.17) is 16.7 Å². The van der Waals surface area contributed by atoms with Gasteiger partial charge >= 0.3 is 6.16 Å². The molecule has 1 heterocycles. The quantitative estimate of drug-likeness (QED) is 0.600. The number of halogens is 1. The van der Waals surface area contributed by atoms with E-state index in [0.717, 1.165) is 10.9 Å². The van der Waals surface area contributed by atoms with Gasteiger partial charge in [-0.1, -0.05) is 11.6 Å². The maximum Gasteiger partial charge on any atom is 0.511 e. The molecule has 5 heteroatoms. The first kappa shape index (κ1) is 9.86. The first-order chi connectivity index (χ1) is 7.09. The third-order valence-electron chi connectivity index (χ3n) is 2.16. The molecule has 4 nitrogen and oxygen atoms in total. The van der Waals surface area contributed by atoms with Crippen LogP contribution in [0, 0.1) is 0 Å². The van der Waals surface area contributed by atoms with Gasteiger partial charge in [-0.3, -0.25) is 0 Å². The van der Waals surface area contributed by atoms with Crippen molar-refractivity contribution in [3.8, 4) is 5.75 Å². The molecule has 0 aliphatic heterocycles. The highest BCUT2D eigenvalue weighted by atomic mass is 35.5. The summed E-state index contributed by atoms with van der Waals surface area (Å²) < 4.78 is 6.43. The largest absolute Gasteiger partial charge is 0.511 e. The minimum absolute atomic E-state index is 0.155. The van der Waals surface area contributed by atoms with Gasteiger partial charge in [0.25, 0.3) is 0 Å². The number of aromatic nitrogens is 1. The predicted octanol–water partition coefficient (Wildman–Crippen LogP) is 2.89. The van der Waals surface area contributed by atoms with Crippen molar-refractivity contribution in [2.45, 2.75) is 0 Å². The second-order valence-electron chi connectivity index (χ2n) is 3.11. The van der Waals surface area contributed by atoms with Gasteiger partial charge in [0.15, 0.2) is 5.75 Å². The molecule has 1 aromatic heterocycles. The van der Waals surface area contributed by atoms with Crippen molar-refractivity contribution in [1.29, 1.82) is 0 Å². The zero-order valence-corrected chi connectivity index (χ0v) is 8.65. The van der Waals surface area contributed by atoms with E-state index in [1.54, 1.807) is 12.1 Å². The molecule has 0 saturated carbocycles. The molecular formula is C10H8ClNO3. The average Bonchev–Trinajstić information content (AvgIpc) is 2.53. The van der Waals surface area contributed by atoms with Gasteiger partial charge in [0.2, 0.25) is 0 Å². The summed E-state index contributed by atoms with van der Waals surface area (Å²) in [6, 6.07) is 5.12. The number of aryl methyl sites for hydroxylation is 1. The number of hydrogen-bond donors (Lipinski definition) is 1. The predicted molar refractivity (Wildman–Crippen MR) is 56.6 cm³/mol. The van der Waals surface area contributed by atoms with Gasteiger partial charge in [0.1, 0.15) is 0 Å². The van der Waals surface area contributed by atoms with Crippen LogP contribution in [0.2, 0.25) is 5.02 Å². The number of rotatable bonds is 1. The molecule has 1 aromatic carbocycles. The number of carboxylic acid groups (broad SMARTS) is 1. The number of nitrogens with zero attached hydrogens (tertiary/aromatic N) is 1. The van der Waals surface area contributed by atoms with Crippen molar-refractivity contribution in [2.24, 2.45) is 7.05 Å². The van der Waals surface area contributed by atoms with Crippen molar-refractivity contribution in [1.82, 2.24) is 4.57 Å². The lowest BCUT2D eigenvalue weighted by molar-refractivity contribution is 0.144. The molecule has 0 saturated heterocycles. The lowest BCUT2D eigenvalue weighted by Crippen LogP contribution is -2.03. The van der Waals surface area contributed by atoms with Crippen molar-refractivity contribution >= 4 is 28.7 Å². The Balaban J connectivity index is 2.60. The van der Waals surface area contributed by atoms with Crippen molar-refractivity contribution in [3.05, 3.63) is 29.4 Å². The van der Waals surface area contributed by atoms with E-state index in [0.29, 0.717) is 5.02 Å². The fourth-order valence-electron chi connectivity index (χ4n) is 1.47. The number of ether oxygens (including phenoxy) is 1. The van der Waals surface area contributed by atoms with Gasteiger partial charge < -0.3 is 14.4 Å². The Kier molecular flexibility index (Phi) is 2.28. The summed E-state index contributed by atoms with van der Waals surface area (Å²) >= 11 is 6.00. The summed E-state index contributed by atoms with van der Waals surface area (Å²) in [6.45, 7) is 0. The molecule has 78 valence electrons. The van der Waals surface area contributed by atoms with E-state index in [-0.39, 0.29) is 5.75 Å². The van der Waals surface area contributed by atoms with Crippen molar-refractivity contribution < 1.29 is 14.6 Å². The fraction of sp³-hybridized carbons (Fsp3) is 0.100. The van der Waals surface area contributed by atoms with Crippen molar-refractivity contribution in [3.63, 3.8) is 0 Å². The van der Waals surface area contributed by atoms with E-state index >= 15 is 0 Å². The van der Waals surface area contributed by atoms with E-state index < -0.39 is 6.16 Å². The van der Waals surface area contributed by atoms with E-state index in [2.05, 4.69) is 4.74 Å². The molecule has 0 unspecified atom stereocenters. The summed E-state index contributed by atoms with van der Waals surface area (Å²) in [6.07, 6.45) is 0.480. The second kappa shape index (κ2) is 3.47. The highest BCUT2D eigenvalue weighted by Gasteiger charge is 2.11. The van der Waals surface area contributed by atoms with Gasteiger partial charge in [-0.05, 0) is 18.2 Å². The molecule has 2 aromatic rings. The van der Waals surface area contributed by atoms with Crippen LogP contribution in [0.3, 0.4) is 0 Å². The normalized spacial score (nSPS) is 10.5. The molecule has 15 heavy (non-hydrogen) atoms. The van der Waals surface area contributed by atoms with Gasteiger partial charge in [-0.15, -0.1) is 0 Å². The standard InChI is InChI=1S/C10H8ClNO3/c1-12-5-4-6-7(12)2-3-8(9(6)11)15-10(13)14/h2-5H,1H3,(H,13,14). The monoisotopic (exact) mass is 225 g/mol. The Morgan fingerprint density at radius 3 is 2.87 bits per heavy atom. The van der Waals surface area contributed by atoms with Crippen LogP contribution in [0.25, 0.3) is 10.9 Å². The molecule has 1 N–H and O–H groups in total. The second-order valence-corrected chi connectivity index (χ2v) is 3.48. The van der Waals surface area contributed by atoms with E-state index in [9.17, 15) is 4.79 Å². The smallest absolute Gasteiger partial charge is 0.449 e. The van der Waals surface area contributed by atoms with E-state index in [1.165, 1.54) is 0 Å². The summed E-state index contributed by atoms with van der Waals surface area (Å²) in [5.74, 6) is 0.155. The zero-order valence-electron chi connectivity index (χ0n) is 7.90. The van der Waals surface area contributed by atoms with E-state index in [1.807, 2.05) is 23.9 Å². The van der Waals surface area contributed by atoms with Crippen LogP contribution < -0.4 is 4.74 Å². The van der Waals surface area contributed by atoms with Gasteiger partial charge in [0.05, 0.1) is 5.02 Å². The summed E-state index contributed by atoms with van der Waals surface area (Å²) in [5, 5.41) is 9.57. The lowest BCUT2D eigenvalue weighted by atomic mass is 10.2. The molecular weight excluding hydrogens is 218 g/mol. The van der Waals surface area contributed by atoms with Crippen LogP contribution in [0.4, 0.5) is 4.79 Å². The average molecular weight is 226 g/mol. The topological polar surface area (TPSA) is 51.5 Å². The molecule has 0 bridgehead atoms. The van der Waals surface area contributed by atoms with Gasteiger partial charge in [-0.25, -0.2) is 4.79 Å². The Morgan fingerprint density at radius 1 is 1.47 bits per heavy atom. The molecule has 0 aliphatic rings. The molecule has 0 atom stereocenters. The molecule has 0 radical (unpaired) electrons. The minimum atomic E-state index is -1.37. The first-order valence-corrected chi connectivity index (χ1v) is 4.61. The number of fused-ring (bicyclic) bond motifs is 1. The summed E-state index contributed by atoms with van der Waals surface area (Å²) in [5.41, 5.74) is 0.928. The SMILES string of the molecule is Cn1ccc2c(Cl)c(OC(=O)O)ccc21. The highest BCUT2D eigenvalue weighted by molar-refractivity contribution is 6.37. The Hall–Kier alpha value is -1.68.